The number of benzene rings is 4. The van der Waals surface area contributed by atoms with Crippen molar-refractivity contribution < 1.29 is 9.47 Å². The summed E-state index contributed by atoms with van der Waals surface area (Å²) in [4.78, 5) is 4.96. The third-order valence-electron chi connectivity index (χ3n) is 5.59. The lowest BCUT2D eigenvalue weighted by Crippen LogP contribution is -1.98. The largest absolute Gasteiger partial charge is 0.493 e. The predicted octanol–water partition coefficient (Wildman–Crippen LogP) is 6.95. The van der Waals surface area contributed by atoms with Crippen LogP contribution in [0.3, 0.4) is 0 Å². The minimum atomic E-state index is 0.497. The van der Waals surface area contributed by atoms with E-state index < -0.39 is 0 Å². The van der Waals surface area contributed by atoms with Crippen LogP contribution in [0.5, 0.6) is 11.5 Å². The monoisotopic (exact) mass is 405 g/mol. The molecule has 0 unspecified atom stereocenters. The van der Waals surface area contributed by atoms with Crippen LogP contribution >= 0.6 is 0 Å². The smallest absolute Gasteiger partial charge is 0.161 e. The molecule has 5 aromatic rings. The van der Waals surface area contributed by atoms with Crippen LogP contribution < -0.4 is 9.47 Å². The summed E-state index contributed by atoms with van der Waals surface area (Å²) in [7, 11) is 1.67. The van der Waals surface area contributed by atoms with Gasteiger partial charge in [-0.2, -0.15) is 0 Å². The number of methoxy groups -OCH3 is 1. The summed E-state index contributed by atoms with van der Waals surface area (Å²) in [5.41, 5.74) is 5.25. The Kier molecular flexibility index (Phi) is 5.01. The highest BCUT2D eigenvalue weighted by Gasteiger charge is 2.12. The fraction of sp³-hybridized carbons (Fsp3) is 0.107. The van der Waals surface area contributed by atoms with E-state index in [0.29, 0.717) is 12.4 Å². The van der Waals surface area contributed by atoms with Gasteiger partial charge >= 0.3 is 0 Å². The molecule has 0 radical (unpaired) electrons. The highest BCUT2D eigenvalue weighted by atomic mass is 16.5. The Hall–Kier alpha value is -3.85. The van der Waals surface area contributed by atoms with E-state index in [1.165, 1.54) is 21.7 Å². The van der Waals surface area contributed by atoms with Gasteiger partial charge in [-0.1, -0.05) is 60.7 Å². The molecule has 0 aliphatic heterocycles. The summed E-state index contributed by atoms with van der Waals surface area (Å²) >= 11 is 0. The summed E-state index contributed by atoms with van der Waals surface area (Å²) in [5, 5.41) is 3.67. The van der Waals surface area contributed by atoms with E-state index in [0.717, 1.165) is 28.1 Å². The van der Waals surface area contributed by atoms with E-state index in [1.54, 1.807) is 7.11 Å². The molecule has 0 saturated carbocycles. The van der Waals surface area contributed by atoms with Crippen molar-refractivity contribution in [2.75, 3.05) is 7.11 Å². The minimum absolute atomic E-state index is 0.497. The van der Waals surface area contributed by atoms with Crippen LogP contribution in [-0.4, -0.2) is 12.1 Å². The van der Waals surface area contributed by atoms with Crippen LogP contribution in [0.25, 0.3) is 32.9 Å². The molecule has 0 spiro atoms. The van der Waals surface area contributed by atoms with Crippen LogP contribution in [0.2, 0.25) is 0 Å². The second-order valence-electron chi connectivity index (χ2n) is 7.65. The van der Waals surface area contributed by atoms with Gasteiger partial charge in [-0.05, 0) is 59.2 Å². The summed E-state index contributed by atoms with van der Waals surface area (Å²) in [6.45, 7) is 2.64. The Morgan fingerprint density at radius 2 is 1.58 bits per heavy atom. The number of aromatic nitrogens is 1. The molecule has 0 N–H and O–H groups in total. The van der Waals surface area contributed by atoms with Crippen molar-refractivity contribution in [2.45, 2.75) is 13.5 Å². The molecule has 0 amide bonds. The zero-order valence-corrected chi connectivity index (χ0v) is 17.6. The Labute approximate surface area is 181 Å². The first-order valence-electron chi connectivity index (χ1n) is 10.4. The fourth-order valence-electron chi connectivity index (χ4n) is 4.04. The molecule has 0 aliphatic rings. The normalized spacial score (nSPS) is 11.0. The van der Waals surface area contributed by atoms with E-state index in [9.17, 15) is 0 Å². The molecule has 1 aromatic heterocycles. The van der Waals surface area contributed by atoms with Crippen molar-refractivity contribution in [3.8, 4) is 22.8 Å². The Morgan fingerprint density at radius 1 is 0.774 bits per heavy atom. The van der Waals surface area contributed by atoms with Gasteiger partial charge in [0.1, 0.15) is 6.61 Å². The molecule has 5 rings (SSSR count). The molecule has 0 aliphatic carbocycles. The van der Waals surface area contributed by atoms with Crippen LogP contribution in [0.4, 0.5) is 0 Å². The topological polar surface area (TPSA) is 31.4 Å². The first-order chi connectivity index (χ1) is 15.2. The highest BCUT2D eigenvalue weighted by Crippen LogP contribution is 2.35. The first-order valence-corrected chi connectivity index (χ1v) is 10.4. The van der Waals surface area contributed by atoms with Crippen molar-refractivity contribution in [3.05, 3.63) is 102 Å². The molecular weight excluding hydrogens is 382 g/mol. The summed E-state index contributed by atoms with van der Waals surface area (Å²) in [6.07, 6.45) is 0. The van der Waals surface area contributed by atoms with E-state index in [2.05, 4.69) is 49.4 Å². The quantitative estimate of drug-likeness (QED) is 0.296. The van der Waals surface area contributed by atoms with E-state index in [-0.39, 0.29) is 0 Å². The number of ether oxygens (including phenoxy) is 2. The third kappa shape index (κ3) is 3.71. The molecule has 1 heterocycles. The SMILES string of the molecule is COc1cc(-c2cc(C)c3c(ccc4ccccc43)n2)ccc1OCc1ccccc1. The van der Waals surface area contributed by atoms with Crippen LogP contribution in [-0.2, 0) is 6.61 Å². The van der Waals surface area contributed by atoms with Gasteiger partial charge in [0.25, 0.3) is 0 Å². The Bertz CT molecular complexity index is 1380. The Balaban J connectivity index is 1.51. The summed E-state index contributed by atoms with van der Waals surface area (Å²) in [5.74, 6) is 1.42. The standard InChI is InChI=1S/C28H23NO2/c1-19-16-25(29-24-14-12-21-10-6-7-11-23(21)28(19)24)22-13-15-26(27(17-22)30-2)31-18-20-8-4-3-5-9-20/h3-17H,18H2,1-2H3. The lowest BCUT2D eigenvalue weighted by Gasteiger charge is -2.13. The average molecular weight is 405 g/mol. The van der Waals surface area contributed by atoms with Crippen molar-refractivity contribution in [1.82, 2.24) is 4.98 Å². The molecule has 4 aromatic carbocycles. The van der Waals surface area contributed by atoms with Gasteiger partial charge in [0.15, 0.2) is 11.5 Å². The zero-order valence-electron chi connectivity index (χ0n) is 17.6. The van der Waals surface area contributed by atoms with Crippen LogP contribution in [0, 0.1) is 6.92 Å². The number of hydrogen-bond acceptors (Lipinski definition) is 3. The molecule has 3 nitrogen and oxygen atoms in total. The lowest BCUT2D eigenvalue weighted by molar-refractivity contribution is 0.284. The fourth-order valence-corrected chi connectivity index (χ4v) is 4.04. The van der Waals surface area contributed by atoms with Crippen molar-refractivity contribution >= 4 is 21.7 Å². The van der Waals surface area contributed by atoms with Crippen LogP contribution in [0.15, 0.2) is 91.0 Å². The summed E-state index contributed by atoms with van der Waals surface area (Å²) in [6, 6.07) is 30.9. The molecule has 3 heteroatoms. The number of pyridine rings is 1. The predicted molar refractivity (Wildman–Crippen MR) is 127 cm³/mol. The van der Waals surface area contributed by atoms with Gasteiger partial charge in [-0.15, -0.1) is 0 Å². The molecule has 0 fully saturated rings. The van der Waals surface area contributed by atoms with Gasteiger partial charge < -0.3 is 9.47 Å². The van der Waals surface area contributed by atoms with Gasteiger partial charge in [-0.25, -0.2) is 4.98 Å². The van der Waals surface area contributed by atoms with Gasteiger partial charge in [0.05, 0.1) is 18.3 Å². The Morgan fingerprint density at radius 3 is 2.42 bits per heavy atom. The van der Waals surface area contributed by atoms with E-state index in [4.69, 9.17) is 14.5 Å². The molecule has 0 saturated heterocycles. The van der Waals surface area contributed by atoms with E-state index >= 15 is 0 Å². The average Bonchev–Trinajstić information content (AvgIpc) is 2.82. The third-order valence-corrected chi connectivity index (χ3v) is 5.59. The maximum atomic E-state index is 6.00. The highest BCUT2D eigenvalue weighted by molar-refractivity contribution is 6.08. The zero-order chi connectivity index (χ0) is 21.2. The molecule has 0 bridgehead atoms. The molecule has 152 valence electrons. The number of nitrogens with zero attached hydrogens (tertiary/aromatic N) is 1. The minimum Gasteiger partial charge on any atom is -0.493 e. The second-order valence-corrected chi connectivity index (χ2v) is 7.65. The lowest BCUT2D eigenvalue weighted by atomic mass is 9.99. The molecule has 31 heavy (non-hydrogen) atoms. The van der Waals surface area contributed by atoms with Crippen molar-refractivity contribution in [2.24, 2.45) is 0 Å². The maximum Gasteiger partial charge on any atom is 0.161 e. The second kappa shape index (κ2) is 8.11. The number of aryl methyl sites for hydroxylation is 1. The van der Waals surface area contributed by atoms with E-state index in [1.807, 2.05) is 48.5 Å². The number of hydrogen-bond donors (Lipinski definition) is 0. The summed E-state index contributed by atoms with van der Waals surface area (Å²) < 4.78 is 11.6. The molecule has 0 atom stereocenters. The molecular formula is C28H23NO2. The van der Waals surface area contributed by atoms with Gasteiger partial charge in [0, 0.05) is 10.9 Å². The number of fused-ring (bicyclic) bond motifs is 3. The van der Waals surface area contributed by atoms with Crippen molar-refractivity contribution in [1.29, 1.82) is 0 Å². The van der Waals surface area contributed by atoms with Crippen LogP contribution in [0.1, 0.15) is 11.1 Å². The van der Waals surface area contributed by atoms with Crippen molar-refractivity contribution in [3.63, 3.8) is 0 Å². The van der Waals surface area contributed by atoms with Gasteiger partial charge in [0.2, 0.25) is 0 Å². The van der Waals surface area contributed by atoms with Gasteiger partial charge in [-0.3, -0.25) is 0 Å². The maximum absolute atomic E-state index is 6.00. The first kappa shape index (κ1) is 19.1. The number of rotatable bonds is 5.